The van der Waals surface area contributed by atoms with Gasteiger partial charge in [-0.1, -0.05) is 0 Å². The van der Waals surface area contributed by atoms with Crippen molar-refractivity contribution in [2.24, 2.45) is 5.10 Å². The fraction of sp³-hybridized carbons (Fsp3) is 0.150. The van der Waals surface area contributed by atoms with Crippen LogP contribution in [-0.4, -0.2) is 24.7 Å². The molecule has 1 aromatic carbocycles. The second kappa shape index (κ2) is 8.72. The Hall–Kier alpha value is -3.81. The Morgan fingerprint density at radius 3 is 2.68 bits per heavy atom. The summed E-state index contributed by atoms with van der Waals surface area (Å²) in [5.74, 6) is 0.202. The van der Waals surface area contributed by atoms with E-state index in [-0.39, 0.29) is 17.4 Å². The highest BCUT2D eigenvalue weighted by molar-refractivity contribution is 5.95. The number of rotatable bonds is 7. The van der Waals surface area contributed by atoms with E-state index in [1.54, 1.807) is 37.3 Å². The summed E-state index contributed by atoms with van der Waals surface area (Å²) >= 11 is 0. The standard InChI is InChI=1S/C20H18N2O6/c1-3-25-18-11-14(12-21-22-19(23)15-8-10-26-13(15)2)6-7-16(18)28-20(24)17-5-4-9-27-17/h4-12H,3H2,1-2H3,(H,22,23)/b21-12-. The van der Waals surface area contributed by atoms with Crippen molar-refractivity contribution in [1.82, 2.24) is 5.43 Å². The molecular formula is C20H18N2O6. The Kier molecular flexibility index (Phi) is 5.91. The second-order valence-corrected chi connectivity index (χ2v) is 5.60. The maximum Gasteiger partial charge on any atom is 0.379 e. The van der Waals surface area contributed by atoms with E-state index in [2.05, 4.69) is 10.5 Å². The lowest BCUT2D eigenvalue weighted by atomic mass is 10.2. The Morgan fingerprint density at radius 2 is 2.00 bits per heavy atom. The molecule has 144 valence electrons. The molecule has 0 spiro atoms. The van der Waals surface area contributed by atoms with Gasteiger partial charge in [-0.2, -0.15) is 5.10 Å². The number of aryl methyl sites for hydroxylation is 1. The van der Waals surface area contributed by atoms with Crippen molar-refractivity contribution in [3.63, 3.8) is 0 Å². The molecule has 2 aromatic heterocycles. The molecule has 1 amide bonds. The van der Waals surface area contributed by atoms with Crippen molar-refractivity contribution in [2.45, 2.75) is 13.8 Å². The van der Waals surface area contributed by atoms with Crippen LogP contribution in [0, 0.1) is 6.92 Å². The molecule has 2 heterocycles. The summed E-state index contributed by atoms with van der Waals surface area (Å²) in [6.07, 6.45) is 4.28. The second-order valence-electron chi connectivity index (χ2n) is 5.60. The highest BCUT2D eigenvalue weighted by Gasteiger charge is 2.15. The summed E-state index contributed by atoms with van der Waals surface area (Å²) in [4.78, 5) is 24.0. The topological polar surface area (TPSA) is 103 Å². The van der Waals surface area contributed by atoms with E-state index in [1.165, 1.54) is 24.8 Å². The van der Waals surface area contributed by atoms with Crippen LogP contribution < -0.4 is 14.9 Å². The van der Waals surface area contributed by atoms with Crippen LogP contribution in [0.15, 0.2) is 62.9 Å². The molecule has 3 aromatic rings. The number of carbonyl (C=O) groups is 2. The van der Waals surface area contributed by atoms with Crippen molar-refractivity contribution < 1.29 is 27.9 Å². The van der Waals surface area contributed by atoms with Gasteiger partial charge < -0.3 is 18.3 Å². The third-order valence-corrected chi connectivity index (χ3v) is 3.68. The van der Waals surface area contributed by atoms with Crippen LogP contribution in [-0.2, 0) is 0 Å². The maximum atomic E-state index is 12.1. The molecule has 3 rings (SSSR count). The first kappa shape index (κ1) is 19.0. The first-order valence-electron chi connectivity index (χ1n) is 8.48. The third-order valence-electron chi connectivity index (χ3n) is 3.68. The van der Waals surface area contributed by atoms with Crippen LogP contribution in [0.5, 0.6) is 11.5 Å². The van der Waals surface area contributed by atoms with Gasteiger partial charge in [0.05, 0.1) is 30.9 Å². The summed E-state index contributed by atoms with van der Waals surface area (Å²) in [7, 11) is 0. The molecule has 8 nitrogen and oxygen atoms in total. The van der Waals surface area contributed by atoms with E-state index in [0.717, 1.165) is 0 Å². The van der Waals surface area contributed by atoms with Crippen LogP contribution in [0.2, 0.25) is 0 Å². The van der Waals surface area contributed by atoms with Crippen molar-refractivity contribution in [2.75, 3.05) is 6.61 Å². The normalized spacial score (nSPS) is 10.8. The van der Waals surface area contributed by atoms with Crippen LogP contribution in [0.25, 0.3) is 0 Å². The fourth-order valence-electron chi connectivity index (χ4n) is 2.35. The number of benzene rings is 1. The quantitative estimate of drug-likeness (QED) is 0.290. The lowest BCUT2D eigenvalue weighted by molar-refractivity contribution is 0.0695. The zero-order chi connectivity index (χ0) is 19.9. The van der Waals surface area contributed by atoms with Gasteiger partial charge in [-0.25, -0.2) is 10.2 Å². The predicted molar refractivity (Wildman–Crippen MR) is 99.8 cm³/mol. The van der Waals surface area contributed by atoms with Crippen LogP contribution in [0.4, 0.5) is 0 Å². The zero-order valence-electron chi connectivity index (χ0n) is 15.3. The number of hydrogen-bond donors (Lipinski definition) is 1. The predicted octanol–water partition coefficient (Wildman–Crippen LogP) is 3.56. The molecule has 0 radical (unpaired) electrons. The summed E-state index contributed by atoms with van der Waals surface area (Å²) in [5, 5.41) is 3.93. The number of carbonyl (C=O) groups excluding carboxylic acids is 2. The van der Waals surface area contributed by atoms with Crippen LogP contribution in [0.1, 0.15) is 39.2 Å². The zero-order valence-corrected chi connectivity index (χ0v) is 15.3. The number of hydrogen-bond acceptors (Lipinski definition) is 7. The smallest absolute Gasteiger partial charge is 0.379 e. The van der Waals surface area contributed by atoms with E-state index in [0.29, 0.717) is 29.2 Å². The molecule has 1 N–H and O–H groups in total. The Labute approximate surface area is 160 Å². The number of nitrogens with one attached hydrogen (secondary N) is 1. The Balaban J connectivity index is 1.70. The molecule has 28 heavy (non-hydrogen) atoms. The summed E-state index contributed by atoms with van der Waals surface area (Å²) < 4.78 is 21.0. The average Bonchev–Trinajstić information content (AvgIpc) is 3.35. The monoisotopic (exact) mass is 382 g/mol. The van der Waals surface area contributed by atoms with E-state index < -0.39 is 5.97 Å². The SMILES string of the molecule is CCOc1cc(/C=N\NC(=O)c2ccoc2C)ccc1OC(=O)c1ccco1. The molecule has 0 aliphatic heterocycles. The molecule has 0 unspecified atom stereocenters. The summed E-state index contributed by atoms with van der Waals surface area (Å²) in [6.45, 7) is 3.88. The Morgan fingerprint density at radius 1 is 1.14 bits per heavy atom. The average molecular weight is 382 g/mol. The van der Waals surface area contributed by atoms with Crippen molar-refractivity contribution in [3.8, 4) is 11.5 Å². The molecular weight excluding hydrogens is 364 g/mol. The summed E-state index contributed by atoms with van der Waals surface area (Å²) in [6, 6.07) is 9.57. The van der Waals surface area contributed by atoms with Crippen molar-refractivity contribution in [1.29, 1.82) is 0 Å². The number of hydrazone groups is 1. The molecule has 0 fully saturated rings. The maximum absolute atomic E-state index is 12.1. The van der Waals surface area contributed by atoms with E-state index in [1.807, 2.05) is 6.92 Å². The van der Waals surface area contributed by atoms with Gasteiger partial charge in [0.25, 0.3) is 5.91 Å². The largest absolute Gasteiger partial charge is 0.490 e. The highest BCUT2D eigenvalue weighted by atomic mass is 16.6. The molecule has 0 aliphatic carbocycles. The van der Waals surface area contributed by atoms with Gasteiger partial charge in [-0.05, 0) is 55.8 Å². The van der Waals surface area contributed by atoms with E-state index in [4.69, 9.17) is 18.3 Å². The van der Waals surface area contributed by atoms with Crippen LogP contribution >= 0.6 is 0 Å². The van der Waals surface area contributed by atoms with Crippen molar-refractivity contribution >= 4 is 18.1 Å². The van der Waals surface area contributed by atoms with Gasteiger partial charge in [0, 0.05) is 0 Å². The first-order valence-corrected chi connectivity index (χ1v) is 8.48. The number of esters is 1. The lowest BCUT2D eigenvalue weighted by Gasteiger charge is -2.10. The van der Waals surface area contributed by atoms with Gasteiger partial charge >= 0.3 is 5.97 Å². The first-order chi connectivity index (χ1) is 13.6. The number of nitrogens with zero attached hydrogens (tertiary/aromatic N) is 1. The molecule has 0 saturated carbocycles. The number of amides is 1. The van der Waals surface area contributed by atoms with E-state index >= 15 is 0 Å². The van der Waals surface area contributed by atoms with E-state index in [9.17, 15) is 9.59 Å². The Bertz CT molecular complexity index is 988. The van der Waals surface area contributed by atoms with Crippen molar-refractivity contribution in [3.05, 3.63) is 71.6 Å². The number of ether oxygens (including phenoxy) is 2. The highest BCUT2D eigenvalue weighted by Crippen LogP contribution is 2.29. The lowest BCUT2D eigenvalue weighted by Crippen LogP contribution is -2.17. The fourth-order valence-corrected chi connectivity index (χ4v) is 2.35. The molecule has 0 aliphatic rings. The van der Waals surface area contributed by atoms with Gasteiger partial charge in [0.15, 0.2) is 11.5 Å². The summed E-state index contributed by atoms with van der Waals surface area (Å²) in [5.41, 5.74) is 3.48. The van der Waals surface area contributed by atoms with Gasteiger partial charge in [-0.15, -0.1) is 0 Å². The van der Waals surface area contributed by atoms with Gasteiger partial charge in [-0.3, -0.25) is 4.79 Å². The van der Waals surface area contributed by atoms with Gasteiger partial charge in [0.2, 0.25) is 5.76 Å². The minimum Gasteiger partial charge on any atom is -0.490 e. The molecule has 0 saturated heterocycles. The molecule has 8 heteroatoms. The van der Waals surface area contributed by atoms with Gasteiger partial charge in [0.1, 0.15) is 5.76 Å². The molecule has 0 bridgehead atoms. The minimum atomic E-state index is -0.630. The molecule has 0 atom stereocenters. The third kappa shape index (κ3) is 4.47. The van der Waals surface area contributed by atoms with Crippen LogP contribution in [0.3, 0.4) is 0 Å². The number of furan rings is 2. The minimum absolute atomic E-state index is 0.0883.